The molecule has 0 saturated heterocycles. The van der Waals surface area contributed by atoms with E-state index < -0.39 is 0 Å². The molecule has 0 radical (unpaired) electrons. The number of rotatable bonds is 11. The average molecular weight is 1900 g/mol. The van der Waals surface area contributed by atoms with Gasteiger partial charge in [0.15, 0.2) is 0 Å². The van der Waals surface area contributed by atoms with Crippen LogP contribution in [0.2, 0.25) is 0 Å². The number of nitrogens with one attached hydrogen (secondary N) is 4. The molecule has 698 valence electrons. The Morgan fingerprint density at radius 2 is 0.568 bits per heavy atom. The lowest BCUT2D eigenvalue weighted by molar-refractivity contribution is 0.660. The van der Waals surface area contributed by atoms with Gasteiger partial charge in [0, 0.05) is 108 Å². The largest absolute Gasteiger partial charge is 0.456 e. The first-order valence-corrected chi connectivity index (χ1v) is 51.4. The van der Waals surface area contributed by atoms with Crippen molar-refractivity contribution in [3.05, 3.63) is 493 Å². The Morgan fingerprint density at radius 3 is 1.19 bits per heavy atom. The van der Waals surface area contributed by atoms with Crippen LogP contribution < -0.4 is 21.3 Å². The number of anilines is 8. The summed E-state index contributed by atoms with van der Waals surface area (Å²) >= 11 is 1.85. The van der Waals surface area contributed by atoms with E-state index in [-0.39, 0.29) is 21.7 Å². The molecule has 0 aliphatic heterocycles. The van der Waals surface area contributed by atoms with Gasteiger partial charge >= 0.3 is 0 Å². The molecule has 4 aromatic heterocycles. The van der Waals surface area contributed by atoms with Crippen LogP contribution in [0.3, 0.4) is 0 Å². The monoisotopic (exact) mass is 1890 g/mol. The highest BCUT2D eigenvalue weighted by Crippen LogP contribution is 2.57. The number of para-hydroxylation sites is 2. The highest BCUT2D eigenvalue weighted by Gasteiger charge is 2.40. The van der Waals surface area contributed by atoms with E-state index in [1.165, 1.54) is 175 Å². The van der Waals surface area contributed by atoms with Crippen LogP contribution in [0.4, 0.5) is 45.5 Å². The summed E-state index contributed by atoms with van der Waals surface area (Å²) < 4.78 is 21.3. The standard InChI is InChI=1S/C43H31NO.C33H25NS.2C31H23NO/c1-43(2)37-15-7-5-12-33(37)34-23-20-30(25-38(34)43)36-24-28-10-3-4-11-29(28)26-39(36)44-31-21-18-27(19-22-31)32-14-9-17-41-42(32)35-13-6-8-16-40(35)45-41;1-33(2)27-10-5-3-8-24(27)25-19-16-22(20-28(25)33)21-14-17-23(18-15-21)34-29-11-7-13-31-32(29)26-9-4-6-12-30(26)35-31;1-31(2)25-13-7-5-11-22(25)24-18-20(15-16-26(24)31)32-30-21-10-4-3-9-19(21)17-28-29(30)23-12-6-8-14-27(23)33-28;1-31(2)24-11-6-5-10-22(24)23-18-20(15-16-25(23)31)32-26-12-7-13-27-30(26)29-21-9-4-3-8-19(21)14-17-28(29)33-27/h3-26,44H,1-2H3;3-20,34H,1-2H3;2*3-18,32H,1-2H3. The van der Waals surface area contributed by atoms with E-state index >= 15 is 0 Å². The fourth-order valence-electron chi connectivity index (χ4n) is 24.3. The summed E-state index contributed by atoms with van der Waals surface area (Å²) in [6.07, 6.45) is 0. The predicted molar refractivity (Wildman–Crippen MR) is 618 cm³/mol. The van der Waals surface area contributed by atoms with Gasteiger partial charge in [-0.2, -0.15) is 0 Å². The van der Waals surface area contributed by atoms with Crippen LogP contribution in [0.15, 0.2) is 462 Å². The van der Waals surface area contributed by atoms with Gasteiger partial charge in [0.05, 0.1) is 22.1 Å². The van der Waals surface area contributed by atoms with Crippen molar-refractivity contribution in [2.75, 3.05) is 21.3 Å². The van der Waals surface area contributed by atoms with E-state index in [0.29, 0.717) is 0 Å². The summed E-state index contributed by atoms with van der Waals surface area (Å²) in [6, 6.07) is 161. The fraction of sp³-hybridized carbons (Fsp3) is 0.0870. The third-order valence-corrected chi connectivity index (χ3v) is 32.8. The highest BCUT2D eigenvalue weighted by molar-refractivity contribution is 7.26. The Balaban J connectivity index is 0.0000000973. The summed E-state index contributed by atoms with van der Waals surface area (Å²) in [5.74, 6) is 0. The third kappa shape index (κ3) is 14.4. The van der Waals surface area contributed by atoms with E-state index in [9.17, 15) is 0 Å². The number of fused-ring (bicyclic) bond motifs is 28. The predicted octanol–water partition coefficient (Wildman–Crippen LogP) is 39.5. The first kappa shape index (κ1) is 87.5. The first-order chi connectivity index (χ1) is 71.4. The normalized spacial score (nSPS) is 13.7. The van der Waals surface area contributed by atoms with E-state index in [2.05, 4.69) is 501 Å². The SMILES string of the molecule is CC1(C)c2ccccc2-c2cc(Nc3c4ccccc4cc4oc5ccccc5c34)ccc21.CC1(C)c2ccccc2-c2cc(Nc3cccc4oc5ccc6ccccc6c5c34)ccc21.CC1(C)c2ccccc2-c2ccc(-c3cc4ccccc4cc3Nc3ccc(-c4cccc5oc6ccccc6c45)cc3)cc21.CC1(C)c2ccccc2-c2ccc(-c3ccc(Nc4cccc5sc6ccccc6c45)cc3)cc21. The van der Waals surface area contributed by atoms with Gasteiger partial charge < -0.3 is 34.5 Å². The van der Waals surface area contributed by atoms with E-state index in [1.807, 2.05) is 35.6 Å². The van der Waals surface area contributed by atoms with E-state index in [1.54, 1.807) is 0 Å². The van der Waals surface area contributed by atoms with Crippen LogP contribution in [-0.4, -0.2) is 0 Å². The maximum atomic E-state index is 6.25. The topological polar surface area (TPSA) is 87.5 Å². The second kappa shape index (κ2) is 34.1. The smallest absolute Gasteiger partial charge is 0.138 e. The molecule has 0 fully saturated rings. The molecule has 8 heteroatoms. The van der Waals surface area contributed by atoms with E-state index in [0.717, 1.165) is 111 Å². The molecule has 7 nitrogen and oxygen atoms in total. The molecule has 26 aromatic rings. The molecule has 0 bridgehead atoms. The minimum absolute atomic E-state index is 0.0118. The summed E-state index contributed by atoms with van der Waals surface area (Å²) in [7, 11) is 0. The molecule has 4 N–H and O–H groups in total. The van der Waals surface area contributed by atoms with Gasteiger partial charge in [-0.25, -0.2) is 0 Å². The molecule has 4 heterocycles. The maximum Gasteiger partial charge on any atom is 0.138 e. The van der Waals surface area contributed by atoms with Crippen LogP contribution in [-0.2, 0) is 21.7 Å². The van der Waals surface area contributed by atoms with Crippen molar-refractivity contribution in [1.82, 2.24) is 0 Å². The van der Waals surface area contributed by atoms with Gasteiger partial charge in [-0.3, -0.25) is 0 Å². The van der Waals surface area contributed by atoms with Crippen molar-refractivity contribution < 1.29 is 13.3 Å². The Bertz CT molecular complexity index is 9840. The molecule has 4 aliphatic rings. The van der Waals surface area contributed by atoms with Crippen LogP contribution in [0.5, 0.6) is 0 Å². The second-order valence-electron chi connectivity index (χ2n) is 41.6. The average Bonchev–Trinajstić information content (AvgIpc) is 1.58. The van der Waals surface area contributed by atoms with Crippen LogP contribution >= 0.6 is 11.3 Å². The summed E-state index contributed by atoms with van der Waals surface area (Å²) in [4.78, 5) is 0. The third-order valence-electron chi connectivity index (χ3n) is 31.6. The Kier molecular flexibility index (Phi) is 20.4. The summed E-state index contributed by atoms with van der Waals surface area (Å²) in [6.45, 7) is 18.6. The van der Waals surface area contributed by atoms with Crippen molar-refractivity contribution in [1.29, 1.82) is 0 Å². The summed E-state index contributed by atoms with van der Waals surface area (Å²) in [5.41, 5.74) is 43.3. The molecule has 0 spiro atoms. The number of hydrogen-bond acceptors (Lipinski definition) is 8. The van der Waals surface area contributed by atoms with Crippen molar-refractivity contribution in [2.24, 2.45) is 0 Å². The molecular weight excluding hydrogens is 1790 g/mol. The molecule has 0 saturated carbocycles. The number of thiophene rings is 1. The van der Waals surface area contributed by atoms with Crippen LogP contribution in [0.25, 0.3) is 196 Å². The Labute approximate surface area is 851 Å². The van der Waals surface area contributed by atoms with Crippen LogP contribution in [0, 0.1) is 0 Å². The van der Waals surface area contributed by atoms with Gasteiger partial charge in [-0.05, 0) is 277 Å². The quantitative estimate of drug-likeness (QED) is 0.103. The molecular formula is C138H102N4O3S. The minimum atomic E-state index is -0.0502. The minimum Gasteiger partial charge on any atom is -0.456 e. The lowest BCUT2D eigenvalue weighted by atomic mass is 9.81. The lowest BCUT2D eigenvalue weighted by Gasteiger charge is -2.22. The molecule has 30 rings (SSSR count). The summed E-state index contributed by atoms with van der Waals surface area (Å²) in [5, 5.41) is 31.7. The van der Waals surface area contributed by atoms with Gasteiger partial charge in [0.1, 0.15) is 33.5 Å². The van der Waals surface area contributed by atoms with Crippen molar-refractivity contribution >= 4 is 175 Å². The highest BCUT2D eigenvalue weighted by atomic mass is 32.1. The zero-order chi connectivity index (χ0) is 98.0. The van der Waals surface area contributed by atoms with E-state index in [4.69, 9.17) is 13.3 Å². The van der Waals surface area contributed by atoms with Gasteiger partial charge in [-0.1, -0.05) is 371 Å². The molecule has 0 amide bonds. The van der Waals surface area contributed by atoms with Crippen molar-refractivity contribution in [3.8, 4) is 77.9 Å². The molecule has 0 atom stereocenters. The Hall–Kier alpha value is -17.6. The number of furan rings is 3. The zero-order valence-corrected chi connectivity index (χ0v) is 83.2. The maximum absolute atomic E-state index is 6.25. The van der Waals surface area contributed by atoms with Gasteiger partial charge in [0.2, 0.25) is 0 Å². The molecule has 4 aliphatic carbocycles. The zero-order valence-electron chi connectivity index (χ0n) is 82.4. The van der Waals surface area contributed by atoms with Gasteiger partial charge in [0.25, 0.3) is 0 Å². The van der Waals surface area contributed by atoms with Crippen LogP contribution in [0.1, 0.15) is 99.9 Å². The van der Waals surface area contributed by atoms with Gasteiger partial charge in [-0.15, -0.1) is 11.3 Å². The Morgan fingerprint density at radius 1 is 0.178 bits per heavy atom. The van der Waals surface area contributed by atoms with Crippen molar-refractivity contribution in [2.45, 2.75) is 77.0 Å². The lowest BCUT2D eigenvalue weighted by Crippen LogP contribution is -2.14. The molecule has 22 aromatic carbocycles. The fourth-order valence-corrected chi connectivity index (χ4v) is 25.4. The van der Waals surface area contributed by atoms with Crippen molar-refractivity contribution in [3.63, 3.8) is 0 Å². The molecule has 146 heavy (non-hydrogen) atoms. The number of benzene rings is 22. The second-order valence-corrected chi connectivity index (χ2v) is 42.6. The molecule has 0 unspecified atom stereocenters. The first-order valence-electron chi connectivity index (χ1n) is 50.6. The number of hydrogen-bond donors (Lipinski definition) is 4.